The third kappa shape index (κ3) is 1.99. The molecule has 104 valence electrons. The van der Waals surface area contributed by atoms with Gasteiger partial charge in [-0.1, -0.05) is 0 Å². The number of aliphatic hydroxyl groups excluding tert-OH is 1. The molecule has 0 bridgehead atoms. The van der Waals surface area contributed by atoms with E-state index in [2.05, 4.69) is 4.72 Å². The van der Waals surface area contributed by atoms with E-state index in [1.165, 1.54) is 25.3 Å². The summed E-state index contributed by atoms with van der Waals surface area (Å²) in [5.74, 6) is -0.936. The van der Waals surface area contributed by atoms with Gasteiger partial charge in [-0.2, -0.15) is 0 Å². The topological polar surface area (TPSA) is 95.9 Å². The van der Waals surface area contributed by atoms with Gasteiger partial charge >= 0.3 is 5.97 Å². The van der Waals surface area contributed by atoms with Gasteiger partial charge in [0.2, 0.25) is 0 Å². The van der Waals surface area contributed by atoms with Crippen LogP contribution in [-0.4, -0.2) is 38.1 Å². The predicted molar refractivity (Wildman–Crippen MR) is 71.2 cm³/mol. The number of rotatable bonds is 3. The first-order valence-electron chi connectivity index (χ1n) is 5.53. The summed E-state index contributed by atoms with van der Waals surface area (Å²) in [5, 5.41) is 18.7. The number of hydrogen-bond donors (Lipinski definition) is 3. The van der Waals surface area contributed by atoms with E-state index in [0.717, 1.165) is 0 Å². The lowest BCUT2D eigenvalue weighted by Crippen LogP contribution is -2.63. The second-order valence-electron chi connectivity index (χ2n) is 4.76. The fourth-order valence-electron chi connectivity index (χ4n) is 1.96. The molecular formula is C12H15NO5S. The van der Waals surface area contributed by atoms with Crippen molar-refractivity contribution in [1.82, 2.24) is 4.72 Å². The average Bonchev–Trinajstić information content (AvgIpc) is 2.36. The summed E-state index contributed by atoms with van der Waals surface area (Å²) in [7, 11) is -1.58. The summed E-state index contributed by atoms with van der Waals surface area (Å²) in [6, 6.07) is 4.00. The van der Waals surface area contributed by atoms with Crippen LogP contribution < -0.4 is 9.46 Å². The lowest BCUT2D eigenvalue weighted by Gasteiger charge is -2.39. The first-order chi connectivity index (χ1) is 8.72. The van der Waals surface area contributed by atoms with Crippen LogP contribution in [0.3, 0.4) is 0 Å². The van der Waals surface area contributed by atoms with E-state index in [0.29, 0.717) is 0 Å². The van der Waals surface area contributed by atoms with Crippen LogP contribution in [0, 0.1) is 0 Å². The summed E-state index contributed by atoms with van der Waals surface area (Å²) >= 11 is 0. The van der Waals surface area contributed by atoms with Gasteiger partial charge in [0.1, 0.15) is 10.8 Å². The highest BCUT2D eigenvalue weighted by Gasteiger charge is 2.43. The third-order valence-corrected chi connectivity index (χ3v) is 5.74. The number of aliphatic hydroxyl groups is 1. The number of carbonyl (C=O) groups is 1. The largest absolute Gasteiger partial charge is 0.495 e. The van der Waals surface area contributed by atoms with Crippen LogP contribution in [0.4, 0.5) is 0 Å². The Morgan fingerprint density at radius 1 is 1.42 bits per heavy atom. The number of aromatic carboxylic acids is 1. The normalized spacial score (nSPS) is 24.7. The molecule has 3 N–H and O–H groups in total. The van der Waals surface area contributed by atoms with Crippen molar-refractivity contribution in [2.24, 2.45) is 0 Å². The zero-order valence-electron chi connectivity index (χ0n) is 10.8. The van der Waals surface area contributed by atoms with Crippen molar-refractivity contribution in [3.63, 3.8) is 0 Å². The fourth-order valence-corrected chi connectivity index (χ4v) is 4.49. The first-order valence-corrected chi connectivity index (χ1v) is 7.09. The minimum atomic E-state index is -2.93. The maximum Gasteiger partial charge on any atom is 0.335 e. The van der Waals surface area contributed by atoms with E-state index < -0.39 is 21.2 Å². The molecule has 1 atom stereocenters. The van der Waals surface area contributed by atoms with Crippen LogP contribution in [0.1, 0.15) is 24.2 Å². The van der Waals surface area contributed by atoms with Gasteiger partial charge in [-0.25, -0.2) is 13.7 Å². The highest BCUT2D eigenvalue weighted by atomic mass is 32.2. The number of methoxy groups -OCH3 is 1. The monoisotopic (exact) mass is 285 g/mol. The van der Waals surface area contributed by atoms with Gasteiger partial charge < -0.3 is 14.9 Å². The number of carboxylic acid groups (broad SMARTS) is 1. The van der Waals surface area contributed by atoms with E-state index >= 15 is 0 Å². The molecule has 0 radical (unpaired) electrons. The summed E-state index contributed by atoms with van der Waals surface area (Å²) in [6.07, 6.45) is 0. The first kappa shape index (κ1) is 13.9. The molecule has 0 amide bonds. The highest BCUT2D eigenvalue weighted by Crippen LogP contribution is 2.32. The molecule has 1 aliphatic rings. The Morgan fingerprint density at radius 3 is 2.47 bits per heavy atom. The van der Waals surface area contributed by atoms with E-state index in [1.807, 2.05) is 0 Å². The Morgan fingerprint density at radius 2 is 2.05 bits per heavy atom. The highest BCUT2D eigenvalue weighted by molar-refractivity contribution is 8.02. The second-order valence-corrected chi connectivity index (χ2v) is 6.90. The molecule has 0 fully saturated rings. The van der Waals surface area contributed by atoms with Gasteiger partial charge in [-0.3, -0.25) is 0 Å². The minimum absolute atomic E-state index is 0.0293. The van der Waals surface area contributed by atoms with Gasteiger partial charge in [-0.05, 0) is 32.0 Å². The van der Waals surface area contributed by atoms with Crippen LogP contribution in [0.15, 0.2) is 23.1 Å². The molecule has 1 aromatic carbocycles. The Kier molecular flexibility index (Phi) is 3.08. The number of ether oxygens (including phenoxy) is 1. The lowest BCUT2D eigenvalue weighted by atomic mass is 10.1. The van der Waals surface area contributed by atoms with Crippen LogP contribution in [0.2, 0.25) is 0 Å². The van der Waals surface area contributed by atoms with Gasteiger partial charge in [0, 0.05) is 0 Å². The Labute approximate surface area is 111 Å². The molecule has 0 aliphatic carbocycles. The van der Waals surface area contributed by atoms with Crippen LogP contribution in [0.5, 0.6) is 5.75 Å². The van der Waals surface area contributed by atoms with Gasteiger partial charge in [-0.15, -0.1) is 0 Å². The maximum atomic E-state index is 12.6. The van der Waals surface area contributed by atoms with Crippen LogP contribution in [-0.2, 0) is 9.71 Å². The Bertz CT molecular complexity index is 671. The molecule has 7 heteroatoms. The molecule has 1 aliphatic heterocycles. The fraction of sp³-hybridized carbons (Fsp3) is 0.333. The molecule has 6 nitrogen and oxygen atoms in total. The van der Waals surface area contributed by atoms with Crippen molar-refractivity contribution in [2.45, 2.75) is 24.3 Å². The minimum Gasteiger partial charge on any atom is -0.495 e. The van der Waals surface area contributed by atoms with Crippen LogP contribution in [0.25, 0.3) is 0 Å². The third-order valence-electron chi connectivity index (χ3n) is 2.93. The smallest absolute Gasteiger partial charge is 0.335 e. The number of nitrogens with one attached hydrogen (secondary N) is 1. The number of carboxylic acids is 1. The molecular weight excluding hydrogens is 270 g/mol. The van der Waals surface area contributed by atoms with Gasteiger partial charge in [0.05, 0.1) is 32.8 Å². The second kappa shape index (κ2) is 4.22. The summed E-state index contributed by atoms with van der Waals surface area (Å²) in [6.45, 7) is 3.40. The van der Waals surface area contributed by atoms with Crippen molar-refractivity contribution < 1.29 is 24.0 Å². The standard InChI is InChI=1S/C12H15NO5S/c1-12(2)11(16)19(17,13-12)9-5-4-7(10(14)15)6-8(9)18-3/h4-6,16H,1-3H3,(H,13,17)(H,14,15). The van der Waals surface area contributed by atoms with E-state index in [1.54, 1.807) is 13.8 Å². The van der Waals surface area contributed by atoms with Crippen molar-refractivity contribution in [1.29, 1.82) is 0 Å². The summed E-state index contributed by atoms with van der Waals surface area (Å²) in [4.78, 5) is 11.1. The SMILES string of the molecule is COc1cc(C(=O)O)ccc1S1(=O)=C(O)C(C)(C)N1. The Hall–Kier alpha value is -1.57. The predicted octanol–water partition coefficient (Wildman–Crippen LogP) is 1.02. The number of hydrogen-bond acceptors (Lipinski definition) is 3. The quantitative estimate of drug-likeness (QED) is 0.721. The summed E-state index contributed by atoms with van der Waals surface area (Å²) in [5.41, 5.74) is -0.699. The van der Waals surface area contributed by atoms with Gasteiger partial charge in [0.25, 0.3) is 0 Å². The lowest BCUT2D eigenvalue weighted by molar-refractivity contribution is 0.0696. The van der Waals surface area contributed by atoms with Crippen molar-refractivity contribution in [3.05, 3.63) is 23.8 Å². The van der Waals surface area contributed by atoms with Crippen molar-refractivity contribution in [3.8, 4) is 5.75 Å². The van der Waals surface area contributed by atoms with E-state index in [9.17, 15) is 14.1 Å². The maximum absolute atomic E-state index is 12.6. The molecule has 0 aromatic heterocycles. The molecule has 0 saturated heterocycles. The zero-order valence-corrected chi connectivity index (χ0v) is 11.6. The average molecular weight is 285 g/mol. The summed E-state index contributed by atoms with van der Waals surface area (Å²) < 4.78 is 20.5. The van der Waals surface area contributed by atoms with Crippen molar-refractivity contribution >= 4 is 20.7 Å². The molecule has 19 heavy (non-hydrogen) atoms. The Balaban J connectivity index is 2.64. The molecule has 0 saturated carbocycles. The zero-order chi connectivity index (χ0) is 14.4. The molecule has 1 aromatic rings. The van der Waals surface area contributed by atoms with Crippen molar-refractivity contribution in [2.75, 3.05) is 7.11 Å². The van der Waals surface area contributed by atoms with Crippen LogP contribution >= 0.6 is 0 Å². The molecule has 1 unspecified atom stereocenters. The number of benzene rings is 1. The molecule has 0 spiro atoms. The van der Waals surface area contributed by atoms with E-state index in [-0.39, 0.29) is 21.3 Å². The molecule has 1 heterocycles. The van der Waals surface area contributed by atoms with Gasteiger partial charge in [0.15, 0.2) is 0 Å². The molecule has 2 rings (SSSR count). The van der Waals surface area contributed by atoms with E-state index in [4.69, 9.17) is 9.84 Å².